The summed E-state index contributed by atoms with van der Waals surface area (Å²) in [6.07, 6.45) is 8.85. The summed E-state index contributed by atoms with van der Waals surface area (Å²) < 4.78 is 5.04. The number of rotatable bonds is 9. The minimum atomic E-state index is -0.839. The van der Waals surface area contributed by atoms with Crippen LogP contribution < -0.4 is 0 Å². The Labute approximate surface area is 133 Å². The summed E-state index contributed by atoms with van der Waals surface area (Å²) >= 11 is -0.839. The van der Waals surface area contributed by atoms with Gasteiger partial charge in [-0.2, -0.15) is 0 Å². The van der Waals surface area contributed by atoms with Crippen molar-refractivity contribution in [2.45, 2.75) is 72.6 Å². The topological polar surface area (TPSA) is 20.2 Å². The molecule has 20 heavy (non-hydrogen) atoms. The van der Waals surface area contributed by atoms with Gasteiger partial charge < -0.3 is 5.11 Å². The second kappa shape index (κ2) is 15.2. The van der Waals surface area contributed by atoms with E-state index in [1.54, 1.807) is 37.6 Å². The SMILES string of the molecule is CCC[CH2][Sn]([CH2]CCC)[CH2]CCC.Oc1ccccc1. The molecule has 0 bridgehead atoms. The van der Waals surface area contributed by atoms with E-state index in [2.05, 4.69) is 20.8 Å². The molecule has 2 heteroatoms. The van der Waals surface area contributed by atoms with E-state index in [0.29, 0.717) is 5.75 Å². The number of hydrogen-bond acceptors (Lipinski definition) is 1. The maximum absolute atomic E-state index is 8.63. The zero-order valence-electron chi connectivity index (χ0n) is 13.7. The Kier molecular flexibility index (Phi) is 15.1. The summed E-state index contributed by atoms with van der Waals surface area (Å²) in [4.78, 5) is 0. The van der Waals surface area contributed by atoms with Gasteiger partial charge in [-0.25, -0.2) is 0 Å². The number of para-hydroxylation sites is 1. The van der Waals surface area contributed by atoms with Crippen LogP contribution in [0, 0.1) is 0 Å². The fourth-order valence-electron chi connectivity index (χ4n) is 2.08. The summed E-state index contributed by atoms with van der Waals surface area (Å²) in [7, 11) is 0. The summed E-state index contributed by atoms with van der Waals surface area (Å²) in [5.41, 5.74) is 0. The van der Waals surface area contributed by atoms with Crippen molar-refractivity contribution in [2.75, 3.05) is 0 Å². The van der Waals surface area contributed by atoms with Crippen molar-refractivity contribution in [1.29, 1.82) is 0 Å². The van der Waals surface area contributed by atoms with Crippen molar-refractivity contribution in [3.05, 3.63) is 30.3 Å². The molecule has 0 saturated heterocycles. The number of phenolic OH excluding ortho intramolecular Hbond substituents is 1. The summed E-state index contributed by atoms with van der Waals surface area (Å²) in [5, 5.41) is 8.63. The predicted octanol–water partition coefficient (Wildman–Crippen LogP) is 6.27. The molecule has 0 amide bonds. The van der Waals surface area contributed by atoms with Crippen LogP contribution in [0.5, 0.6) is 5.75 Å². The van der Waals surface area contributed by atoms with Crippen molar-refractivity contribution >= 4 is 19.8 Å². The van der Waals surface area contributed by atoms with E-state index < -0.39 is 19.8 Å². The number of benzene rings is 1. The van der Waals surface area contributed by atoms with Crippen LogP contribution in [-0.2, 0) is 0 Å². The Morgan fingerprint density at radius 3 is 1.40 bits per heavy atom. The van der Waals surface area contributed by atoms with E-state index in [1.807, 2.05) is 6.07 Å². The van der Waals surface area contributed by atoms with Crippen LogP contribution >= 0.6 is 0 Å². The molecule has 115 valence electrons. The van der Waals surface area contributed by atoms with Crippen molar-refractivity contribution in [3.8, 4) is 5.75 Å². The molecule has 0 fully saturated rings. The van der Waals surface area contributed by atoms with Crippen LogP contribution in [0.4, 0.5) is 0 Å². The third kappa shape index (κ3) is 12.8. The minimum absolute atomic E-state index is 0.322. The maximum Gasteiger partial charge on any atom is 0.115 e. The number of aromatic hydroxyl groups is 1. The van der Waals surface area contributed by atoms with Gasteiger partial charge in [0.25, 0.3) is 0 Å². The molecule has 0 saturated carbocycles. The third-order valence-electron chi connectivity index (χ3n) is 3.41. The molecule has 1 aromatic carbocycles. The van der Waals surface area contributed by atoms with Gasteiger partial charge in [-0.3, -0.25) is 0 Å². The van der Waals surface area contributed by atoms with Crippen LogP contribution in [0.15, 0.2) is 30.3 Å². The molecule has 1 nitrogen and oxygen atoms in total. The first kappa shape index (κ1) is 19.8. The predicted molar refractivity (Wildman–Crippen MR) is 93.0 cm³/mol. The number of hydrogen-bond donors (Lipinski definition) is 1. The van der Waals surface area contributed by atoms with Crippen molar-refractivity contribution in [1.82, 2.24) is 0 Å². The number of phenols is 1. The molecule has 0 heterocycles. The molecule has 0 atom stereocenters. The van der Waals surface area contributed by atoms with Crippen molar-refractivity contribution in [3.63, 3.8) is 0 Å². The van der Waals surface area contributed by atoms with Gasteiger partial charge in [-0.1, -0.05) is 18.2 Å². The third-order valence-corrected chi connectivity index (χ3v) is 12.5. The van der Waals surface area contributed by atoms with Crippen LogP contribution in [-0.4, -0.2) is 24.9 Å². The first-order valence-corrected chi connectivity index (χ1v) is 14.4. The average Bonchev–Trinajstić information content (AvgIpc) is 2.48. The molecule has 0 aliphatic carbocycles. The van der Waals surface area contributed by atoms with E-state index in [9.17, 15) is 0 Å². The molecular formula is C18H33OSn. The smallest absolute Gasteiger partial charge is 0.115 e. The molecule has 0 unspecified atom stereocenters. The second-order valence-electron chi connectivity index (χ2n) is 5.40. The largest absolute Gasteiger partial charge is 0.508 e. The molecular weight excluding hydrogens is 351 g/mol. The summed E-state index contributed by atoms with van der Waals surface area (Å²) in [6.45, 7) is 7.00. The molecule has 1 N–H and O–H groups in total. The van der Waals surface area contributed by atoms with Crippen LogP contribution in [0.2, 0.25) is 13.3 Å². The van der Waals surface area contributed by atoms with Crippen molar-refractivity contribution in [2.24, 2.45) is 0 Å². The molecule has 1 radical (unpaired) electrons. The summed E-state index contributed by atoms with van der Waals surface area (Å²) in [6, 6.07) is 8.71. The zero-order chi connectivity index (χ0) is 15.1. The normalized spacial score (nSPS) is 10.2. The Hall–Kier alpha value is -0.181. The van der Waals surface area contributed by atoms with E-state index in [4.69, 9.17) is 5.11 Å². The Morgan fingerprint density at radius 2 is 1.15 bits per heavy atom. The molecule has 0 aromatic heterocycles. The first-order valence-electron chi connectivity index (χ1n) is 8.32. The van der Waals surface area contributed by atoms with Gasteiger partial charge in [0.2, 0.25) is 0 Å². The number of unbranched alkanes of at least 4 members (excludes halogenated alkanes) is 3. The fraction of sp³-hybridized carbons (Fsp3) is 0.667. The van der Waals surface area contributed by atoms with Crippen LogP contribution in [0.1, 0.15) is 59.3 Å². The van der Waals surface area contributed by atoms with Gasteiger partial charge in [0, 0.05) is 0 Å². The zero-order valence-corrected chi connectivity index (χ0v) is 16.6. The Morgan fingerprint density at radius 1 is 0.750 bits per heavy atom. The van der Waals surface area contributed by atoms with Crippen LogP contribution in [0.25, 0.3) is 0 Å². The molecule has 0 aliphatic rings. The quantitative estimate of drug-likeness (QED) is 0.498. The Bertz CT molecular complexity index is 268. The average molecular weight is 384 g/mol. The van der Waals surface area contributed by atoms with E-state index >= 15 is 0 Å². The maximum atomic E-state index is 8.63. The minimum Gasteiger partial charge on any atom is -0.508 e. The molecule has 0 spiro atoms. The molecule has 1 aromatic rings. The van der Waals surface area contributed by atoms with Gasteiger partial charge in [-0.15, -0.1) is 0 Å². The Balaban J connectivity index is 0.000000428. The molecule has 0 aliphatic heterocycles. The van der Waals surface area contributed by atoms with E-state index in [-0.39, 0.29) is 0 Å². The van der Waals surface area contributed by atoms with Gasteiger partial charge in [0.1, 0.15) is 5.75 Å². The van der Waals surface area contributed by atoms with E-state index in [1.165, 1.54) is 38.5 Å². The fourth-order valence-corrected chi connectivity index (χ4v) is 11.5. The monoisotopic (exact) mass is 385 g/mol. The standard InChI is InChI=1S/C6H6O.3C4H9.Sn/c7-6-4-2-1-3-5-6;3*1-3-4-2;/h1-5,7H;3*1,3-4H2,2H3;. The van der Waals surface area contributed by atoms with Gasteiger partial charge in [0.15, 0.2) is 0 Å². The van der Waals surface area contributed by atoms with Gasteiger partial charge in [0.05, 0.1) is 0 Å². The first-order chi connectivity index (χ1) is 9.74. The second-order valence-corrected chi connectivity index (χ2v) is 14.0. The van der Waals surface area contributed by atoms with Gasteiger partial charge in [-0.05, 0) is 12.1 Å². The summed E-state index contributed by atoms with van der Waals surface area (Å²) in [5.74, 6) is 0.322. The van der Waals surface area contributed by atoms with Crippen molar-refractivity contribution < 1.29 is 5.11 Å². The van der Waals surface area contributed by atoms with E-state index in [0.717, 1.165) is 0 Å². The van der Waals surface area contributed by atoms with Crippen LogP contribution in [0.3, 0.4) is 0 Å². The van der Waals surface area contributed by atoms with Gasteiger partial charge >= 0.3 is 92.4 Å². The molecule has 1 rings (SSSR count).